The van der Waals surface area contributed by atoms with Gasteiger partial charge in [0.25, 0.3) is 0 Å². The summed E-state index contributed by atoms with van der Waals surface area (Å²) in [5.41, 5.74) is -0.0484. The molecule has 1 aromatic carbocycles. The van der Waals surface area contributed by atoms with E-state index in [0.29, 0.717) is 38.9 Å². The average Bonchev–Trinajstić information content (AvgIpc) is 2.56. The molecule has 1 amide bonds. The number of benzene rings is 1. The normalized spacial score (nSPS) is 16.6. The van der Waals surface area contributed by atoms with Gasteiger partial charge in [-0.3, -0.25) is 4.79 Å². The summed E-state index contributed by atoms with van der Waals surface area (Å²) in [6.45, 7) is 0.719. The van der Waals surface area contributed by atoms with Crippen LogP contribution in [0.15, 0.2) is 24.3 Å². The molecule has 1 aliphatic rings. The number of carbonyl (C=O) groups is 2. The summed E-state index contributed by atoms with van der Waals surface area (Å²) in [5.74, 6) is -0.401. The Labute approximate surface area is 135 Å². The average molecular weight is 321 g/mol. The Kier molecular flexibility index (Phi) is 5.98. The van der Waals surface area contributed by atoms with Crippen molar-refractivity contribution in [1.29, 1.82) is 0 Å². The van der Waals surface area contributed by atoms with E-state index >= 15 is 0 Å². The molecule has 0 bridgehead atoms. The Bertz CT molecular complexity index is 534. The first-order valence-corrected chi connectivity index (χ1v) is 7.81. The number of carboxylic acids is 1. The summed E-state index contributed by atoms with van der Waals surface area (Å²) in [4.78, 5) is 23.6. The maximum Gasteiger partial charge on any atom is 0.329 e. The van der Waals surface area contributed by atoms with E-state index in [2.05, 4.69) is 5.32 Å². The van der Waals surface area contributed by atoms with Gasteiger partial charge in [0.05, 0.1) is 7.11 Å². The van der Waals surface area contributed by atoms with E-state index in [9.17, 15) is 14.7 Å². The summed E-state index contributed by atoms with van der Waals surface area (Å²) >= 11 is 0. The van der Waals surface area contributed by atoms with E-state index in [4.69, 9.17) is 9.47 Å². The van der Waals surface area contributed by atoms with Crippen LogP contribution in [-0.2, 0) is 20.7 Å². The summed E-state index contributed by atoms with van der Waals surface area (Å²) in [7, 11) is 1.62. The lowest BCUT2D eigenvalue weighted by Crippen LogP contribution is -2.57. The molecule has 0 radical (unpaired) electrons. The van der Waals surface area contributed by atoms with Crippen LogP contribution in [0.4, 0.5) is 0 Å². The smallest absolute Gasteiger partial charge is 0.329 e. The second kappa shape index (κ2) is 7.97. The Morgan fingerprint density at radius 3 is 2.48 bits per heavy atom. The van der Waals surface area contributed by atoms with Crippen LogP contribution in [0.25, 0.3) is 0 Å². The minimum Gasteiger partial charge on any atom is -0.497 e. The number of aryl methyl sites for hydroxylation is 1. The highest BCUT2D eigenvalue weighted by Crippen LogP contribution is 2.21. The van der Waals surface area contributed by atoms with E-state index in [1.165, 1.54) is 0 Å². The molecule has 1 fully saturated rings. The summed E-state index contributed by atoms with van der Waals surface area (Å²) < 4.78 is 10.3. The first kappa shape index (κ1) is 17.3. The van der Waals surface area contributed by atoms with Crippen molar-refractivity contribution in [2.24, 2.45) is 0 Å². The van der Waals surface area contributed by atoms with Gasteiger partial charge in [-0.05, 0) is 30.5 Å². The third kappa shape index (κ3) is 4.69. The fraction of sp³-hybridized carbons (Fsp3) is 0.529. The molecule has 1 saturated heterocycles. The van der Waals surface area contributed by atoms with Gasteiger partial charge >= 0.3 is 5.97 Å². The topological polar surface area (TPSA) is 84.9 Å². The zero-order valence-corrected chi connectivity index (χ0v) is 13.3. The Morgan fingerprint density at radius 1 is 1.26 bits per heavy atom. The van der Waals surface area contributed by atoms with E-state index < -0.39 is 11.5 Å². The number of carboxylic acid groups (broad SMARTS) is 1. The van der Waals surface area contributed by atoms with Crippen molar-refractivity contribution >= 4 is 11.9 Å². The number of aliphatic carboxylic acids is 1. The maximum atomic E-state index is 12.1. The Balaban J connectivity index is 1.80. The number of ether oxygens (including phenoxy) is 2. The van der Waals surface area contributed by atoms with Crippen LogP contribution in [-0.4, -0.2) is 42.8 Å². The van der Waals surface area contributed by atoms with Crippen LogP contribution < -0.4 is 10.1 Å². The second-order valence-electron chi connectivity index (χ2n) is 5.75. The van der Waals surface area contributed by atoms with Gasteiger partial charge < -0.3 is 19.9 Å². The molecular formula is C17H23NO5. The van der Waals surface area contributed by atoms with Gasteiger partial charge in [0.2, 0.25) is 5.91 Å². The SMILES string of the molecule is COc1ccc(CCCC(=O)NC2(C(=O)O)CCOCC2)cc1. The van der Waals surface area contributed by atoms with Crippen LogP contribution in [0.1, 0.15) is 31.2 Å². The maximum absolute atomic E-state index is 12.1. The van der Waals surface area contributed by atoms with E-state index in [-0.39, 0.29) is 5.91 Å². The molecule has 0 aromatic heterocycles. The van der Waals surface area contributed by atoms with Gasteiger partial charge in [-0.15, -0.1) is 0 Å². The lowest BCUT2D eigenvalue weighted by Gasteiger charge is -2.33. The second-order valence-corrected chi connectivity index (χ2v) is 5.75. The van der Waals surface area contributed by atoms with Gasteiger partial charge in [-0.1, -0.05) is 12.1 Å². The van der Waals surface area contributed by atoms with Crippen LogP contribution in [0.3, 0.4) is 0 Å². The lowest BCUT2D eigenvalue weighted by molar-refractivity contribution is -0.152. The molecule has 0 atom stereocenters. The van der Waals surface area contributed by atoms with Crippen LogP contribution >= 0.6 is 0 Å². The minimum absolute atomic E-state index is 0.220. The van der Waals surface area contributed by atoms with Crippen molar-refractivity contribution in [3.8, 4) is 5.75 Å². The fourth-order valence-corrected chi connectivity index (χ4v) is 2.69. The summed E-state index contributed by atoms with van der Waals surface area (Å²) in [6.07, 6.45) is 2.37. The zero-order chi connectivity index (χ0) is 16.7. The third-order valence-electron chi connectivity index (χ3n) is 4.16. The van der Waals surface area contributed by atoms with E-state index in [1.807, 2.05) is 24.3 Å². The molecule has 1 heterocycles. The van der Waals surface area contributed by atoms with Crippen molar-refractivity contribution in [3.05, 3.63) is 29.8 Å². The first-order chi connectivity index (χ1) is 11.1. The molecule has 1 aliphatic heterocycles. The number of methoxy groups -OCH3 is 1. The molecule has 2 N–H and O–H groups in total. The summed E-state index contributed by atoms with van der Waals surface area (Å²) in [6, 6.07) is 7.70. The van der Waals surface area contributed by atoms with Crippen LogP contribution in [0.2, 0.25) is 0 Å². The largest absolute Gasteiger partial charge is 0.497 e. The summed E-state index contributed by atoms with van der Waals surface area (Å²) in [5, 5.41) is 12.1. The Hall–Kier alpha value is -2.08. The fourth-order valence-electron chi connectivity index (χ4n) is 2.69. The molecule has 126 valence electrons. The van der Waals surface area contributed by atoms with Crippen LogP contribution in [0, 0.1) is 0 Å². The number of hydrogen-bond donors (Lipinski definition) is 2. The molecular weight excluding hydrogens is 298 g/mol. The quantitative estimate of drug-likeness (QED) is 0.799. The molecule has 0 spiro atoms. The van der Waals surface area contributed by atoms with E-state index in [0.717, 1.165) is 17.7 Å². The highest BCUT2D eigenvalue weighted by molar-refractivity contribution is 5.87. The number of hydrogen-bond acceptors (Lipinski definition) is 4. The third-order valence-corrected chi connectivity index (χ3v) is 4.16. The highest BCUT2D eigenvalue weighted by atomic mass is 16.5. The molecule has 6 heteroatoms. The zero-order valence-electron chi connectivity index (χ0n) is 13.3. The van der Waals surface area contributed by atoms with Crippen molar-refractivity contribution in [2.45, 2.75) is 37.6 Å². The molecule has 0 saturated carbocycles. The van der Waals surface area contributed by atoms with Crippen molar-refractivity contribution < 1.29 is 24.2 Å². The molecule has 6 nitrogen and oxygen atoms in total. The standard InChI is InChI=1S/C17H23NO5/c1-22-14-7-5-13(6-8-14)3-2-4-15(19)18-17(16(20)21)9-11-23-12-10-17/h5-8H,2-4,9-12H2,1H3,(H,18,19)(H,20,21). The predicted octanol–water partition coefficient (Wildman–Crippen LogP) is 1.77. The van der Waals surface area contributed by atoms with Crippen molar-refractivity contribution in [2.75, 3.05) is 20.3 Å². The number of nitrogens with one attached hydrogen (secondary N) is 1. The lowest BCUT2D eigenvalue weighted by atomic mass is 9.90. The monoisotopic (exact) mass is 321 g/mol. The van der Waals surface area contributed by atoms with Crippen LogP contribution in [0.5, 0.6) is 5.75 Å². The molecule has 23 heavy (non-hydrogen) atoms. The van der Waals surface area contributed by atoms with Crippen molar-refractivity contribution in [1.82, 2.24) is 5.32 Å². The van der Waals surface area contributed by atoms with Gasteiger partial charge in [0.1, 0.15) is 11.3 Å². The first-order valence-electron chi connectivity index (χ1n) is 7.81. The highest BCUT2D eigenvalue weighted by Gasteiger charge is 2.41. The number of carbonyl (C=O) groups excluding carboxylic acids is 1. The molecule has 1 aromatic rings. The number of rotatable bonds is 7. The van der Waals surface area contributed by atoms with Gasteiger partial charge in [0, 0.05) is 32.5 Å². The molecule has 2 rings (SSSR count). The molecule has 0 aliphatic carbocycles. The van der Waals surface area contributed by atoms with Gasteiger partial charge in [-0.25, -0.2) is 4.79 Å². The number of amides is 1. The van der Waals surface area contributed by atoms with Gasteiger partial charge in [-0.2, -0.15) is 0 Å². The van der Waals surface area contributed by atoms with Gasteiger partial charge in [0.15, 0.2) is 0 Å². The van der Waals surface area contributed by atoms with Crippen molar-refractivity contribution in [3.63, 3.8) is 0 Å². The predicted molar refractivity (Wildman–Crippen MR) is 84.5 cm³/mol. The Morgan fingerprint density at radius 2 is 1.91 bits per heavy atom. The minimum atomic E-state index is -1.17. The van der Waals surface area contributed by atoms with E-state index in [1.54, 1.807) is 7.11 Å². The molecule has 0 unspecified atom stereocenters.